The maximum atomic E-state index is 3.93. The fourth-order valence-electron chi connectivity index (χ4n) is 1.28. The highest BCUT2D eigenvalue weighted by Gasteiger charge is 1.98. The van der Waals surface area contributed by atoms with Gasteiger partial charge in [0, 0.05) is 0 Å². The minimum absolute atomic E-state index is 0. The van der Waals surface area contributed by atoms with Gasteiger partial charge >= 0.3 is 0 Å². The Balaban J connectivity index is 0. The molecule has 15 heavy (non-hydrogen) atoms. The van der Waals surface area contributed by atoms with Gasteiger partial charge in [0.15, 0.2) is 0 Å². The average molecular weight is 202 g/mol. The molecule has 1 aromatic rings. The molecule has 0 N–H and O–H groups in total. The first-order valence-corrected chi connectivity index (χ1v) is 4.63. The van der Waals surface area contributed by atoms with Crippen molar-refractivity contribution in [2.45, 2.75) is 21.3 Å². The van der Waals surface area contributed by atoms with Crippen molar-refractivity contribution >= 4 is 5.57 Å². The molecule has 0 aromatic heterocycles. The highest BCUT2D eigenvalue weighted by Crippen LogP contribution is 2.20. The van der Waals surface area contributed by atoms with E-state index in [0.29, 0.717) is 0 Å². The number of allylic oxidation sites excluding steroid dienone is 3. The summed E-state index contributed by atoms with van der Waals surface area (Å²) >= 11 is 0. The van der Waals surface area contributed by atoms with E-state index in [9.17, 15) is 0 Å². The first kappa shape index (κ1) is 15.9. The summed E-state index contributed by atoms with van der Waals surface area (Å²) < 4.78 is 0. The topological polar surface area (TPSA) is 0 Å². The monoisotopic (exact) mass is 202 g/mol. The molecule has 0 saturated carbocycles. The lowest BCUT2D eigenvalue weighted by Crippen LogP contribution is -1.83. The molecule has 0 amide bonds. The molecular weight excluding hydrogens is 180 g/mol. The van der Waals surface area contributed by atoms with Crippen LogP contribution in [0.5, 0.6) is 0 Å². The lowest BCUT2D eigenvalue weighted by Gasteiger charge is -2.05. The van der Waals surface area contributed by atoms with E-state index < -0.39 is 0 Å². The summed E-state index contributed by atoms with van der Waals surface area (Å²) in [6.45, 7) is 14.0. The molecule has 1 rings (SSSR count). The van der Waals surface area contributed by atoms with E-state index in [0.717, 1.165) is 5.57 Å². The van der Waals surface area contributed by atoms with E-state index in [1.54, 1.807) is 0 Å². The van der Waals surface area contributed by atoms with Crippen LogP contribution in [0.4, 0.5) is 0 Å². The summed E-state index contributed by atoms with van der Waals surface area (Å²) in [5.41, 5.74) is 3.59. The van der Waals surface area contributed by atoms with E-state index in [1.165, 1.54) is 11.1 Å². The van der Waals surface area contributed by atoms with Gasteiger partial charge in [-0.1, -0.05) is 56.0 Å². The Kier molecular flexibility index (Phi) is 9.55. The van der Waals surface area contributed by atoms with Crippen LogP contribution in [0.15, 0.2) is 61.7 Å². The molecule has 0 bridgehead atoms. The predicted octanol–water partition coefficient (Wildman–Crippen LogP) is 5.10. The Bertz CT molecular complexity index is 304. The summed E-state index contributed by atoms with van der Waals surface area (Å²) in [4.78, 5) is 0. The van der Waals surface area contributed by atoms with Crippen LogP contribution in [0.3, 0.4) is 0 Å². The molecule has 0 heteroatoms. The predicted molar refractivity (Wildman–Crippen MR) is 72.9 cm³/mol. The molecule has 1 aromatic carbocycles. The largest absolute Gasteiger partial charge is 0.106 e. The molecule has 82 valence electrons. The third-order valence-corrected chi connectivity index (χ3v) is 1.83. The van der Waals surface area contributed by atoms with Gasteiger partial charge in [-0.2, -0.15) is 0 Å². The van der Waals surface area contributed by atoms with Gasteiger partial charge in [0.25, 0.3) is 0 Å². The zero-order valence-electron chi connectivity index (χ0n) is 9.09. The smallest absolute Gasteiger partial charge is 0.0185 e. The number of hydrogen-bond acceptors (Lipinski definition) is 0. The molecule has 0 atom stereocenters. The lowest BCUT2D eigenvalue weighted by atomic mass is 10.0. The molecule has 0 unspecified atom stereocenters. The van der Waals surface area contributed by atoms with Crippen LogP contribution < -0.4 is 0 Å². The van der Waals surface area contributed by atoms with Crippen LogP contribution in [0.2, 0.25) is 0 Å². The van der Waals surface area contributed by atoms with Crippen molar-refractivity contribution in [3.8, 4) is 0 Å². The van der Waals surface area contributed by atoms with Crippen molar-refractivity contribution in [2.24, 2.45) is 0 Å². The number of hydrogen-bond donors (Lipinski definition) is 0. The third-order valence-electron chi connectivity index (χ3n) is 1.83. The molecule has 0 heterocycles. The maximum Gasteiger partial charge on any atom is -0.0185 e. The van der Waals surface area contributed by atoms with Gasteiger partial charge in [0.05, 0.1) is 0 Å². The Morgan fingerprint density at radius 2 is 1.60 bits per heavy atom. The van der Waals surface area contributed by atoms with Gasteiger partial charge in [0.2, 0.25) is 0 Å². The molecule has 0 radical (unpaired) electrons. The average Bonchev–Trinajstić information content (AvgIpc) is 2.23. The maximum absolute atomic E-state index is 3.93. The second-order valence-electron chi connectivity index (χ2n) is 2.85. The zero-order valence-corrected chi connectivity index (χ0v) is 9.09. The van der Waals surface area contributed by atoms with E-state index >= 15 is 0 Å². The van der Waals surface area contributed by atoms with Gasteiger partial charge in [-0.25, -0.2) is 0 Å². The molecular formula is C15H22. The minimum atomic E-state index is 0. The highest BCUT2D eigenvalue weighted by atomic mass is 14.0. The summed E-state index contributed by atoms with van der Waals surface area (Å²) in [6.07, 6.45) is 2.09. The molecule has 0 spiro atoms. The van der Waals surface area contributed by atoms with E-state index in [2.05, 4.69) is 37.9 Å². The van der Waals surface area contributed by atoms with Crippen molar-refractivity contribution in [1.29, 1.82) is 0 Å². The van der Waals surface area contributed by atoms with E-state index in [1.807, 2.05) is 32.0 Å². The van der Waals surface area contributed by atoms with Gasteiger partial charge < -0.3 is 0 Å². The molecule has 0 saturated heterocycles. The normalized spacial score (nSPS) is 9.33. The van der Waals surface area contributed by atoms with Crippen molar-refractivity contribution in [1.82, 2.24) is 0 Å². The first-order chi connectivity index (χ1) is 6.75. The standard InChI is InChI=1S/C12H14.C2H4.CH4/c1-4-12(10(2)3)11-8-6-5-7-9-11;1-2;/h4-9H,2H2,1,3H3;1-2H2;1H4/b12-4+;;. The van der Waals surface area contributed by atoms with Crippen LogP contribution in [0, 0.1) is 0 Å². The van der Waals surface area contributed by atoms with Gasteiger partial charge in [0.1, 0.15) is 0 Å². The fraction of sp³-hybridized carbons (Fsp3) is 0.200. The van der Waals surface area contributed by atoms with E-state index in [-0.39, 0.29) is 7.43 Å². The van der Waals surface area contributed by atoms with Crippen LogP contribution in [0.1, 0.15) is 26.8 Å². The molecule has 0 aliphatic carbocycles. The van der Waals surface area contributed by atoms with Crippen molar-refractivity contribution in [2.75, 3.05) is 0 Å². The van der Waals surface area contributed by atoms with Gasteiger partial charge in [-0.3, -0.25) is 0 Å². The molecule has 0 aliphatic heterocycles. The Hall–Kier alpha value is -1.56. The third kappa shape index (κ3) is 5.02. The van der Waals surface area contributed by atoms with E-state index in [4.69, 9.17) is 0 Å². The van der Waals surface area contributed by atoms with Crippen molar-refractivity contribution in [3.05, 3.63) is 67.3 Å². The SMILES string of the molecule is C.C=C.C=C(C)/C(=C\C)c1ccccc1. The van der Waals surface area contributed by atoms with Crippen LogP contribution in [0.25, 0.3) is 5.57 Å². The molecule has 0 fully saturated rings. The van der Waals surface area contributed by atoms with Crippen LogP contribution >= 0.6 is 0 Å². The van der Waals surface area contributed by atoms with Crippen molar-refractivity contribution < 1.29 is 0 Å². The van der Waals surface area contributed by atoms with Gasteiger partial charge in [-0.05, 0) is 25.0 Å². The fourth-order valence-corrected chi connectivity index (χ4v) is 1.28. The summed E-state index contributed by atoms with van der Waals surface area (Å²) in [7, 11) is 0. The Labute approximate surface area is 94.7 Å². The number of rotatable bonds is 2. The lowest BCUT2D eigenvalue weighted by molar-refractivity contribution is 1.50. The van der Waals surface area contributed by atoms with Crippen LogP contribution in [-0.2, 0) is 0 Å². The summed E-state index contributed by atoms with van der Waals surface area (Å²) in [6, 6.07) is 10.3. The molecule has 0 aliphatic rings. The van der Waals surface area contributed by atoms with Crippen LogP contribution in [-0.4, -0.2) is 0 Å². The Morgan fingerprint density at radius 1 is 1.13 bits per heavy atom. The second-order valence-corrected chi connectivity index (χ2v) is 2.85. The zero-order chi connectivity index (χ0) is 11.0. The second kappa shape index (κ2) is 9.01. The summed E-state index contributed by atoms with van der Waals surface area (Å²) in [5.74, 6) is 0. The Morgan fingerprint density at radius 3 is 1.93 bits per heavy atom. The van der Waals surface area contributed by atoms with Gasteiger partial charge in [-0.15, -0.1) is 13.2 Å². The first-order valence-electron chi connectivity index (χ1n) is 4.63. The summed E-state index contributed by atoms with van der Waals surface area (Å²) in [5, 5.41) is 0. The highest BCUT2D eigenvalue weighted by molar-refractivity contribution is 5.77. The minimum Gasteiger partial charge on any atom is -0.106 e. The quantitative estimate of drug-likeness (QED) is 0.462. The van der Waals surface area contributed by atoms with Crippen molar-refractivity contribution in [3.63, 3.8) is 0 Å². The number of benzene rings is 1. The molecule has 0 nitrogen and oxygen atoms in total.